The van der Waals surface area contributed by atoms with Crippen LogP contribution < -0.4 is 0 Å². The minimum Gasteiger partial charge on any atom is -0.330 e. The lowest BCUT2D eigenvalue weighted by Crippen LogP contribution is -2.31. The Labute approximate surface area is 145 Å². The van der Waals surface area contributed by atoms with Crippen LogP contribution in [0.25, 0.3) is 5.69 Å². The van der Waals surface area contributed by atoms with Gasteiger partial charge >= 0.3 is 0 Å². The summed E-state index contributed by atoms with van der Waals surface area (Å²) in [5.41, 5.74) is 3.24. The Balaban J connectivity index is 1.63. The Morgan fingerprint density at radius 1 is 1.20 bits per heavy atom. The third kappa shape index (κ3) is 3.00. The monoisotopic (exact) mass is 334 g/mol. The van der Waals surface area contributed by atoms with Crippen molar-refractivity contribution in [3.05, 3.63) is 66.3 Å². The van der Waals surface area contributed by atoms with Crippen molar-refractivity contribution in [1.82, 2.24) is 29.6 Å². The zero-order valence-corrected chi connectivity index (χ0v) is 13.9. The van der Waals surface area contributed by atoms with Crippen molar-refractivity contribution in [3.8, 4) is 5.69 Å². The number of hydrogen-bond acceptors (Lipinski definition) is 5. The van der Waals surface area contributed by atoms with Crippen LogP contribution in [-0.2, 0) is 0 Å². The molecule has 0 N–H and O–H groups in total. The Hall–Kier alpha value is -3.09. The lowest BCUT2D eigenvalue weighted by atomic mass is 10.1. The van der Waals surface area contributed by atoms with Gasteiger partial charge < -0.3 is 4.90 Å². The van der Waals surface area contributed by atoms with Crippen LogP contribution in [0.15, 0.2) is 49.3 Å². The molecule has 7 nitrogen and oxygen atoms in total. The number of hydrogen-bond donors (Lipinski definition) is 0. The molecule has 1 saturated heterocycles. The third-order valence-corrected chi connectivity index (χ3v) is 4.44. The van der Waals surface area contributed by atoms with Crippen molar-refractivity contribution in [2.75, 3.05) is 6.54 Å². The van der Waals surface area contributed by atoms with E-state index in [2.05, 4.69) is 20.2 Å². The van der Waals surface area contributed by atoms with E-state index in [1.54, 1.807) is 29.6 Å². The summed E-state index contributed by atoms with van der Waals surface area (Å²) in [4.78, 5) is 23.8. The number of carbonyl (C=O) groups is 1. The summed E-state index contributed by atoms with van der Waals surface area (Å²) in [6, 6.07) is 7.49. The molecule has 0 saturated carbocycles. The molecule has 3 aromatic rings. The predicted octanol–water partition coefficient (Wildman–Crippen LogP) is 2.34. The highest BCUT2D eigenvalue weighted by Crippen LogP contribution is 2.32. The van der Waals surface area contributed by atoms with Gasteiger partial charge in [0.1, 0.15) is 12.7 Å². The molecular weight excluding hydrogens is 316 g/mol. The molecule has 1 aliphatic heterocycles. The van der Waals surface area contributed by atoms with Crippen LogP contribution in [0.2, 0.25) is 0 Å². The maximum atomic E-state index is 13.1. The fourth-order valence-corrected chi connectivity index (χ4v) is 3.26. The lowest BCUT2D eigenvalue weighted by molar-refractivity contribution is 0.0732. The number of likely N-dealkylation sites (tertiary alicyclic amines) is 1. The highest BCUT2D eigenvalue weighted by molar-refractivity contribution is 5.95. The first-order valence-corrected chi connectivity index (χ1v) is 8.27. The van der Waals surface area contributed by atoms with Crippen molar-refractivity contribution < 1.29 is 4.79 Å². The Morgan fingerprint density at radius 2 is 2.04 bits per heavy atom. The number of aryl methyl sites for hydroxylation is 1. The predicted molar refractivity (Wildman–Crippen MR) is 91.1 cm³/mol. The summed E-state index contributed by atoms with van der Waals surface area (Å²) in [5.74, 6) is 0.0146. The van der Waals surface area contributed by atoms with E-state index >= 15 is 0 Å². The van der Waals surface area contributed by atoms with Crippen LogP contribution in [0.1, 0.15) is 40.6 Å². The smallest absolute Gasteiger partial charge is 0.254 e. The Bertz CT molecular complexity index is 892. The zero-order valence-electron chi connectivity index (χ0n) is 13.9. The molecule has 25 heavy (non-hydrogen) atoms. The normalized spacial score (nSPS) is 17.0. The van der Waals surface area contributed by atoms with Gasteiger partial charge in [-0.05, 0) is 38.0 Å². The number of aromatic nitrogens is 5. The van der Waals surface area contributed by atoms with E-state index in [1.165, 1.54) is 0 Å². The summed E-state index contributed by atoms with van der Waals surface area (Å²) < 4.78 is 1.78. The minimum atomic E-state index is -0.0153. The van der Waals surface area contributed by atoms with Gasteiger partial charge in [0.2, 0.25) is 0 Å². The van der Waals surface area contributed by atoms with Crippen LogP contribution >= 0.6 is 0 Å². The maximum Gasteiger partial charge on any atom is 0.254 e. The molecule has 126 valence electrons. The average molecular weight is 334 g/mol. The number of amides is 1. The molecule has 0 aliphatic carbocycles. The van der Waals surface area contributed by atoms with Crippen LogP contribution in [0.3, 0.4) is 0 Å². The van der Waals surface area contributed by atoms with Crippen LogP contribution in [0.4, 0.5) is 0 Å². The molecule has 4 rings (SSSR count). The summed E-state index contributed by atoms with van der Waals surface area (Å²) in [5, 5.41) is 7.63. The van der Waals surface area contributed by atoms with Gasteiger partial charge in [0.15, 0.2) is 0 Å². The second kappa shape index (κ2) is 6.43. The largest absolute Gasteiger partial charge is 0.330 e. The van der Waals surface area contributed by atoms with Gasteiger partial charge in [0.25, 0.3) is 5.91 Å². The SMILES string of the molecule is Cc1cncc([C@@H]2CCCN2C(=O)c2cccc(-n3cnnc3)c2)n1. The summed E-state index contributed by atoms with van der Waals surface area (Å²) in [6.07, 6.45) is 8.60. The molecule has 1 aromatic carbocycles. The van der Waals surface area contributed by atoms with Crippen molar-refractivity contribution in [1.29, 1.82) is 0 Å². The quantitative estimate of drug-likeness (QED) is 0.735. The van der Waals surface area contributed by atoms with Gasteiger partial charge in [-0.25, -0.2) is 0 Å². The van der Waals surface area contributed by atoms with E-state index in [9.17, 15) is 4.79 Å². The first-order valence-electron chi connectivity index (χ1n) is 8.27. The van der Waals surface area contributed by atoms with Gasteiger partial charge in [-0.15, -0.1) is 10.2 Å². The van der Waals surface area contributed by atoms with Crippen LogP contribution in [0, 0.1) is 6.92 Å². The molecule has 1 aliphatic rings. The lowest BCUT2D eigenvalue weighted by Gasteiger charge is -2.24. The third-order valence-electron chi connectivity index (χ3n) is 4.44. The van der Waals surface area contributed by atoms with Crippen LogP contribution in [0.5, 0.6) is 0 Å². The standard InChI is InChI=1S/C18H18N6O/c1-13-9-19-10-16(22-13)17-6-3-7-24(17)18(25)14-4-2-5-15(8-14)23-11-20-21-12-23/h2,4-5,8-12,17H,3,6-7H2,1H3/t17-/m0/s1. The summed E-state index contributed by atoms with van der Waals surface area (Å²) in [7, 11) is 0. The van der Waals surface area contributed by atoms with Gasteiger partial charge in [0.05, 0.1) is 23.6 Å². The molecule has 2 aromatic heterocycles. The maximum absolute atomic E-state index is 13.1. The number of benzene rings is 1. The van der Waals surface area contributed by atoms with Gasteiger partial charge in [-0.2, -0.15) is 0 Å². The Kier molecular flexibility index (Phi) is 3.97. The second-order valence-corrected chi connectivity index (χ2v) is 6.16. The molecule has 1 amide bonds. The molecule has 3 heterocycles. The zero-order chi connectivity index (χ0) is 17.2. The van der Waals surface area contributed by atoms with Crippen molar-refractivity contribution in [3.63, 3.8) is 0 Å². The van der Waals surface area contributed by atoms with E-state index in [0.29, 0.717) is 5.56 Å². The van der Waals surface area contributed by atoms with Gasteiger partial charge in [-0.3, -0.25) is 19.3 Å². The molecule has 0 bridgehead atoms. The van der Waals surface area contributed by atoms with Crippen molar-refractivity contribution in [2.24, 2.45) is 0 Å². The van der Waals surface area contributed by atoms with Gasteiger partial charge in [-0.1, -0.05) is 6.07 Å². The topological polar surface area (TPSA) is 76.8 Å². The number of carbonyl (C=O) groups excluding carboxylic acids is 1. The van der Waals surface area contributed by atoms with E-state index in [-0.39, 0.29) is 11.9 Å². The molecule has 1 atom stereocenters. The Morgan fingerprint density at radius 3 is 2.84 bits per heavy atom. The second-order valence-electron chi connectivity index (χ2n) is 6.16. The van der Waals surface area contributed by atoms with E-state index in [0.717, 1.165) is 36.5 Å². The van der Waals surface area contributed by atoms with E-state index in [1.807, 2.05) is 36.1 Å². The molecule has 7 heteroatoms. The average Bonchev–Trinajstić information content (AvgIpc) is 3.33. The summed E-state index contributed by atoms with van der Waals surface area (Å²) in [6.45, 7) is 2.65. The molecule has 0 spiro atoms. The first-order chi connectivity index (χ1) is 12.2. The van der Waals surface area contributed by atoms with Gasteiger partial charge in [0, 0.05) is 24.0 Å². The molecular formula is C18H18N6O. The summed E-state index contributed by atoms with van der Waals surface area (Å²) >= 11 is 0. The van der Waals surface area contributed by atoms with Crippen LogP contribution in [-0.4, -0.2) is 42.1 Å². The highest BCUT2D eigenvalue weighted by atomic mass is 16.2. The molecule has 0 unspecified atom stereocenters. The highest BCUT2D eigenvalue weighted by Gasteiger charge is 2.31. The molecule has 0 radical (unpaired) electrons. The molecule has 1 fully saturated rings. The fraction of sp³-hybridized carbons (Fsp3) is 0.278. The first kappa shape index (κ1) is 15.4. The van der Waals surface area contributed by atoms with Crippen molar-refractivity contribution >= 4 is 5.91 Å². The number of rotatable bonds is 3. The minimum absolute atomic E-state index is 0.0146. The van der Waals surface area contributed by atoms with E-state index < -0.39 is 0 Å². The number of nitrogens with zero attached hydrogens (tertiary/aromatic N) is 6. The van der Waals surface area contributed by atoms with Crippen molar-refractivity contribution in [2.45, 2.75) is 25.8 Å². The fourth-order valence-electron chi connectivity index (χ4n) is 3.26. The van der Waals surface area contributed by atoms with E-state index in [4.69, 9.17) is 0 Å².